The molecule has 0 aliphatic rings. The molecule has 0 aliphatic heterocycles. The summed E-state index contributed by atoms with van der Waals surface area (Å²) in [6.07, 6.45) is 0.983. The van der Waals surface area contributed by atoms with Gasteiger partial charge in [-0.25, -0.2) is 4.79 Å². The Hall–Kier alpha value is -2.37. The van der Waals surface area contributed by atoms with Gasteiger partial charge in [-0.3, -0.25) is 9.59 Å². The highest BCUT2D eigenvalue weighted by molar-refractivity contribution is 5.98. The van der Waals surface area contributed by atoms with Gasteiger partial charge in [0, 0.05) is 5.56 Å². The summed E-state index contributed by atoms with van der Waals surface area (Å²) in [7, 11) is 0. The van der Waals surface area contributed by atoms with E-state index < -0.39 is 24.0 Å². The molecular weight excluding hydrogens is 308 g/mol. The van der Waals surface area contributed by atoms with E-state index in [4.69, 9.17) is 5.11 Å². The van der Waals surface area contributed by atoms with Gasteiger partial charge in [-0.2, -0.15) is 0 Å². The molecule has 0 saturated heterocycles. The van der Waals surface area contributed by atoms with E-state index in [2.05, 4.69) is 10.6 Å². The minimum atomic E-state index is -1.07. The molecule has 0 heterocycles. The van der Waals surface area contributed by atoms with Crippen LogP contribution in [-0.4, -0.2) is 35.0 Å². The van der Waals surface area contributed by atoms with Gasteiger partial charge in [-0.15, -0.1) is 0 Å². The van der Waals surface area contributed by atoms with Crippen molar-refractivity contribution in [2.45, 2.75) is 52.6 Å². The van der Waals surface area contributed by atoms with Crippen LogP contribution in [0.1, 0.15) is 49.5 Å². The Morgan fingerprint density at radius 1 is 1.17 bits per heavy atom. The number of benzene rings is 1. The maximum absolute atomic E-state index is 12.4. The predicted octanol–water partition coefficient (Wildman–Crippen LogP) is 2.12. The van der Waals surface area contributed by atoms with Crippen molar-refractivity contribution in [3.05, 3.63) is 35.4 Å². The highest BCUT2D eigenvalue weighted by Gasteiger charge is 2.28. The first-order chi connectivity index (χ1) is 11.3. The van der Waals surface area contributed by atoms with E-state index in [1.165, 1.54) is 0 Å². The zero-order valence-corrected chi connectivity index (χ0v) is 14.6. The van der Waals surface area contributed by atoms with E-state index in [1.54, 1.807) is 32.0 Å². The van der Waals surface area contributed by atoms with Crippen LogP contribution in [-0.2, 0) is 9.59 Å². The summed E-state index contributed by atoms with van der Waals surface area (Å²) >= 11 is 0. The first kappa shape index (κ1) is 19.7. The van der Waals surface area contributed by atoms with Crippen LogP contribution >= 0.6 is 0 Å². The number of aliphatic carboxylic acids is 1. The molecule has 2 unspecified atom stereocenters. The highest BCUT2D eigenvalue weighted by atomic mass is 16.4. The molecule has 0 aromatic heterocycles. The fourth-order valence-electron chi connectivity index (χ4n) is 2.35. The maximum Gasteiger partial charge on any atom is 0.326 e. The molecule has 2 amide bonds. The molecule has 0 bridgehead atoms. The Morgan fingerprint density at radius 2 is 1.83 bits per heavy atom. The van der Waals surface area contributed by atoms with Crippen molar-refractivity contribution >= 4 is 17.8 Å². The minimum absolute atomic E-state index is 0.171. The lowest BCUT2D eigenvalue weighted by Gasteiger charge is -2.24. The summed E-state index contributed by atoms with van der Waals surface area (Å²) in [4.78, 5) is 36.0. The Bertz CT molecular complexity index is 598. The fraction of sp³-hybridized carbons (Fsp3) is 0.500. The number of hydrogen-bond donors (Lipinski definition) is 3. The highest BCUT2D eigenvalue weighted by Crippen LogP contribution is 2.08. The van der Waals surface area contributed by atoms with Crippen LogP contribution in [0.15, 0.2) is 24.3 Å². The average Bonchev–Trinajstić information content (AvgIpc) is 2.51. The van der Waals surface area contributed by atoms with Gasteiger partial charge in [0.1, 0.15) is 12.1 Å². The Morgan fingerprint density at radius 3 is 2.33 bits per heavy atom. The predicted molar refractivity (Wildman–Crippen MR) is 91.7 cm³/mol. The molecule has 24 heavy (non-hydrogen) atoms. The molecule has 0 saturated carbocycles. The van der Waals surface area contributed by atoms with Crippen LogP contribution in [0.5, 0.6) is 0 Å². The van der Waals surface area contributed by atoms with Crippen LogP contribution < -0.4 is 10.6 Å². The van der Waals surface area contributed by atoms with Gasteiger partial charge in [0.05, 0.1) is 0 Å². The third kappa shape index (κ3) is 5.68. The van der Waals surface area contributed by atoms with Gasteiger partial charge in [0.2, 0.25) is 5.91 Å². The second-order valence-electron chi connectivity index (χ2n) is 6.25. The molecule has 2 atom stereocenters. The number of carbonyl (C=O) groups is 3. The number of nitrogens with one attached hydrogen (secondary N) is 2. The van der Waals surface area contributed by atoms with Crippen molar-refractivity contribution in [2.75, 3.05) is 0 Å². The van der Waals surface area contributed by atoms with Crippen molar-refractivity contribution in [2.24, 2.45) is 5.92 Å². The summed E-state index contributed by atoms with van der Waals surface area (Å²) in [5.41, 5.74) is 1.42. The third-order valence-electron chi connectivity index (χ3n) is 3.71. The molecular formula is C18H26N2O4. The first-order valence-electron chi connectivity index (χ1n) is 8.17. The number of amides is 2. The minimum Gasteiger partial charge on any atom is -0.480 e. The molecule has 6 nitrogen and oxygen atoms in total. The van der Waals surface area contributed by atoms with E-state index in [0.29, 0.717) is 18.4 Å². The van der Waals surface area contributed by atoms with Gasteiger partial charge in [0.15, 0.2) is 0 Å². The molecule has 1 aromatic carbocycles. The van der Waals surface area contributed by atoms with Gasteiger partial charge in [-0.1, -0.05) is 44.9 Å². The zero-order chi connectivity index (χ0) is 18.3. The normalized spacial score (nSPS) is 13.2. The summed E-state index contributed by atoms with van der Waals surface area (Å²) in [6, 6.07) is 5.33. The van der Waals surface area contributed by atoms with E-state index in [-0.39, 0.29) is 11.8 Å². The zero-order valence-electron chi connectivity index (χ0n) is 14.6. The maximum atomic E-state index is 12.4. The standard InChI is InChI=1S/C18H26N2O4/c1-5-7-14(18(23)24)19-17(22)15(11(2)3)20-16(21)13-9-6-8-12(4)10-13/h6,8-11,14-15H,5,7H2,1-4H3,(H,19,22)(H,20,21)(H,23,24). The van der Waals surface area contributed by atoms with Crippen molar-refractivity contribution in [3.8, 4) is 0 Å². The second kappa shape index (κ2) is 9.05. The summed E-state index contributed by atoms with van der Waals surface area (Å²) < 4.78 is 0. The summed E-state index contributed by atoms with van der Waals surface area (Å²) in [6.45, 7) is 7.33. The molecule has 3 N–H and O–H groups in total. The molecule has 0 spiro atoms. The molecule has 0 aliphatic carbocycles. The summed E-state index contributed by atoms with van der Waals surface area (Å²) in [5, 5.41) is 14.4. The lowest BCUT2D eigenvalue weighted by atomic mass is 10.0. The number of carboxylic acid groups (broad SMARTS) is 1. The van der Waals surface area contributed by atoms with Gasteiger partial charge in [0.25, 0.3) is 5.91 Å². The molecule has 1 aromatic rings. The summed E-state index contributed by atoms with van der Waals surface area (Å²) in [5.74, 6) is -2.07. The molecule has 0 radical (unpaired) electrons. The van der Waals surface area contributed by atoms with Crippen molar-refractivity contribution < 1.29 is 19.5 Å². The fourth-order valence-corrected chi connectivity index (χ4v) is 2.35. The van der Waals surface area contributed by atoms with E-state index in [1.807, 2.05) is 19.9 Å². The van der Waals surface area contributed by atoms with E-state index >= 15 is 0 Å². The lowest BCUT2D eigenvalue weighted by Crippen LogP contribution is -2.53. The van der Waals surface area contributed by atoms with Crippen LogP contribution in [0, 0.1) is 12.8 Å². The number of hydrogen-bond acceptors (Lipinski definition) is 3. The Labute approximate surface area is 142 Å². The molecule has 132 valence electrons. The topological polar surface area (TPSA) is 95.5 Å². The SMILES string of the molecule is CCCC(NC(=O)C(NC(=O)c1cccc(C)c1)C(C)C)C(=O)O. The Balaban J connectivity index is 2.84. The van der Waals surface area contributed by atoms with Crippen LogP contribution in [0.4, 0.5) is 0 Å². The van der Waals surface area contributed by atoms with E-state index in [0.717, 1.165) is 5.56 Å². The number of aryl methyl sites for hydroxylation is 1. The van der Waals surface area contributed by atoms with Gasteiger partial charge < -0.3 is 15.7 Å². The number of carbonyl (C=O) groups excluding carboxylic acids is 2. The van der Waals surface area contributed by atoms with Crippen LogP contribution in [0.3, 0.4) is 0 Å². The number of rotatable bonds is 8. The molecule has 6 heteroatoms. The average molecular weight is 334 g/mol. The van der Waals surface area contributed by atoms with Gasteiger partial charge in [-0.05, 0) is 31.4 Å². The monoisotopic (exact) mass is 334 g/mol. The van der Waals surface area contributed by atoms with Gasteiger partial charge >= 0.3 is 5.97 Å². The number of carboxylic acids is 1. The van der Waals surface area contributed by atoms with Crippen molar-refractivity contribution in [3.63, 3.8) is 0 Å². The van der Waals surface area contributed by atoms with E-state index in [9.17, 15) is 14.4 Å². The lowest BCUT2D eigenvalue weighted by molar-refractivity contribution is -0.142. The van der Waals surface area contributed by atoms with Crippen molar-refractivity contribution in [1.29, 1.82) is 0 Å². The van der Waals surface area contributed by atoms with Crippen molar-refractivity contribution in [1.82, 2.24) is 10.6 Å². The smallest absolute Gasteiger partial charge is 0.326 e. The first-order valence-corrected chi connectivity index (χ1v) is 8.17. The molecule has 1 rings (SSSR count). The van der Waals surface area contributed by atoms with Crippen LogP contribution in [0.2, 0.25) is 0 Å². The van der Waals surface area contributed by atoms with Crippen LogP contribution in [0.25, 0.3) is 0 Å². The largest absolute Gasteiger partial charge is 0.480 e. The third-order valence-corrected chi connectivity index (χ3v) is 3.71. The quantitative estimate of drug-likeness (QED) is 0.678. The Kier molecular flexibility index (Phi) is 7.42. The molecule has 0 fully saturated rings. The second-order valence-corrected chi connectivity index (χ2v) is 6.25.